The second-order valence-electron chi connectivity index (χ2n) is 3.94. The number of thiazole rings is 1. The molecular weight excluding hydrogens is 251 g/mol. The average molecular weight is 264 g/mol. The monoisotopic (exact) mass is 264 g/mol. The molecule has 0 fully saturated rings. The molecular formula is C13H13FN2OS. The summed E-state index contributed by atoms with van der Waals surface area (Å²) in [6, 6.07) is 5.62. The van der Waals surface area contributed by atoms with E-state index < -0.39 is 5.82 Å². The maximum Gasteiger partial charge on any atom is 0.251 e. The van der Waals surface area contributed by atoms with Crippen molar-refractivity contribution in [3.05, 3.63) is 51.2 Å². The molecule has 1 heterocycles. The van der Waals surface area contributed by atoms with Crippen LogP contribution in [0, 0.1) is 19.7 Å². The Morgan fingerprint density at radius 1 is 1.44 bits per heavy atom. The summed E-state index contributed by atoms with van der Waals surface area (Å²) in [7, 11) is 0. The summed E-state index contributed by atoms with van der Waals surface area (Å²) in [5, 5.41) is 3.58. The fraction of sp³-hybridized carbons (Fsp3) is 0.231. The molecule has 0 bridgehead atoms. The van der Waals surface area contributed by atoms with Crippen molar-refractivity contribution in [2.75, 3.05) is 0 Å². The zero-order valence-corrected chi connectivity index (χ0v) is 11.0. The van der Waals surface area contributed by atoms with Crippen molar-refractivity contribution in [3.8, 4) is 0 Å². The van der Waals surface area contributed by atoms with Crippen LogP contribution in [0.4, 0.5) is 4.39 Å². The van der Waals surface area contributed by atoms with Crippen LogP contribution in [0.3, 0.4) is 0 Å². The Morgan fingerprint density at radius 2 is 2.22 bits per heavy atom. The minimum Gasteiger partial charge on any atom is -0.346 e. The lowest BCUT2D eigenvalue weighted by molar-refractivity contribution is 0.0950. The maximum atomic E-state index is 13.0. The highest BCUT2D eigenvalue weighted by Gasteiger charge is 2.08. The third-order valence-electron chi connectivity index (χ3n) is 2.56. The van der Waals surface area contributed by atoms with Gasteiger partial charge in [-0.2, -0.15) is 0 Å². The second kappa shape index (κ2) is 5.27. The summed E-state index contributed by atoms with van der Waals surface area (Å²) in [6.07, 6.45) is 0. The average Bonchev–Trinajstić information content (AvgIpc) is 2.66. The van der Waals surface area contributed by atoms with Crippen LogP contribution in [-0.2, 0) is 6.54 Å². The summed E-state index contributed by atoms with van der Waals surface area (Å²) < 4.78 is 13.0. The van der Waals surface area contributed by atoms with Crippen LogP contribution in [0.1, 0.15) is 25.9 Å². The normalized spacial score (nSPS) is 10.4. The molecule has 0 unspecified atom stereocenters. The Balaban J connectivity index is 2.00. The van der Waals surface area contributed by atoms with Crippen molar-refractivity contribution in [1.82, 2.24) is 10.3 Å². The molecule has 2 rings (SSSR count). The summed E-state index contributed by atoms with van der Waals surface area (Å²) in [5.74, 6) is -0.705. The standard InChI is InChI=1S/C13H13FN2OS/c1-8-9(2)18-12(16-8)7-15-13(17)10-4-3-5-11(14)6-10/h3-6H,7H2,1-2H3,(H,15,17). The van der Waals surface area contributed by atoms with Gasteiger partial charge >= 0.3 is 0 Å². The number of rotatable bonds is 3. The SMILES string of the molecule is Cc1nc(CNC(=O)c2cccc(F)c2)sc1C. The zero-order chi connectivity index (χ0) is 13.1. The van der Waals surface area contributed by atoms with Crippen LogP contribution in [0.2, 0.25) is 0 Å². The molecule has 1 N–H and O–H groups in total. The number of nitrogens with zero attached hydrogens (tertiary/aromatic N) is 1. The maximum absolute atomic E-state index is 13.0. The fourth-order valence-corrected chi connectivity index (χ4v) is 2.38. The summed E-state index contributed by atoms with van der Waals surface area (Å²) >= 11 is 1.55. The molecule has 0 radical (unpaired) electrons. The lowest BCUT2D eigenvalue weighted by Gasteiger charge is -2.02. The van der Waals surface area contributed by atoms with Gasteiger partial charge in [-0.3, -0.25) is 4.79 Å². The summed E-state index contributed by atoms with van der Waals surface area (Å²) in [6.45, 7) is 4.29. The van der Waals surface area contributed by atoms with Crippen LogP contribution in [0.5, 0.6) is 0 Å². The number of halogens is 1. The van der Waals surface area contributed by atoms with E-state index >= 15 is 0 Å². The number of carbonyl (C=O) groups excluding carboxylic acids is 1. The Bertz CT molecular complexity index is 561. The predicted octanol–water partition coefficient (Wildman–Crippen LogP) is 2.83. The lowest BCUT2D eigenvalue weighted by Crippen LogP contribution is -2.22. The zero-order valence-electron chi connectivity index (χ0n) is 10.2. The number of hydrogen-bond donors (Lipinski definition) is 1. The smallest absolute Gasteiger partial charge is 0.251 e. The molecule has 94 valence electrons. The Hall–Kier alpha value is -1.75. The van der Waals surface area contributed by atoms with E-state index in [4.69, 9.17) is 0 Å². The molecule has 0 atom stereocenters. The third-order valence-corrected chi connectivity index (χ3v) is 3.63. The number of benzene rings is 1. The molecule has 1 amide bonds. The van der Waals surface area contributed by atoms with E-state index in [1.165, 1.54) is 18.2 Å². The highest BCUT2D eigenvalue weighted by atomic mass is 32.1. The Kier molecular flexibility index (Phi) is 3.72. The van der Waals surface area contributed by atoms with Crippen molar-refractivity contribution < 1.29 is 9.18 Å². The molecule has 1 aromatic carbocycles. The van der Waals surface area contributed by atoms with Crippen LogP contribution in [0.25, 0.3) is 0 Å². The van der Waals surface area contributed by atoms with E-state index in [9.17, 15) is 9.18 Å². The van der Waals surface area contributed by atoms with Gasteiger partial charge in [0.2, 0.25) is 0 Å². The number of aryl methyl sites for hydroxylation is 2. The number of amides is 1. The quantitative estimate of drug-likeness (QED) is 0.926. The topological polar surface area (TPSA) is 42.0 Å². The molecule has 0 saturated carbocycles. The van der Waals surface area contributed by atoms with Crippen molar-refractivity contribution in [2.24, 2.45) is 0 Å². The van der Waals surface area contributed by atoms with Crippen molar-refractivity contribution >= 4 is 17.2 Å². The van der Waals surface area contributed by atoms with Gasteiger partial charge in [0, 0.05) is 10.4 Å². The minimum atomic E-state index is -0.413. The molecule has 18 heavy (non-hydrogen) atoms. The van der Waals surface area contributed by atoms with Crippen molar-refractivity contribution in [3.63, 3.8) is 0 Å². The number of nitrogens with one attached hydrogen (secondary N) is 1. The van der Waals surface area contributed by atoms with Crippen LogP contribution in [0.15, 0.2) is 24.3 Å². The molecule has 2 aromatic rings. The van der Waals surface area contributed by atoms with Crippen LogP contribution < -0.4 is 5.32 Å². The van der Waals surface area contributed by atoms with Gasteiger partial charge in [0.1, 0.15) is 10.8 Å². The van der Waals surface area contributed by atoms with Crippen LogP contribution in [-0.4, -0.2) is 10.9 Å². The fourth-order valence-electron chi connectivity index (χ4n) is 1.50. The van der Waals surface area contributed by atoms with Gasteiger partial charge < -0.3 is 5.32 Å². The molecule has 1 aromatic heterocycles. The summed E-state index contributed by atoms with van der Waals surface area (Å²) in [5.41, 5.74) is 1.30. The second-order valence-corrected chi connectivity index (χ2v) is 5.23. The molecule has 0 aliphatic heterocycles. The van der Waals surface area contributed by atoms with E-state index in [0.29, 0.717) is 12.1 Å². The van der Waals surface area contributed by atoms with E-state index in [2.05, 4.69) is 10.3 Å². The third kappa shape index (κ3) is 2.92. The number of hydrogen-bond acceptors (Lipinski definition) is 3. The first-order valence-corrected chi connectivity index (χ1v) is 6.34. The first kappa shape index (κ1) is 12.7. The largest absolute Gasteiger partial charge is 0.346 e. The van der Waals surface area contributed by atoms with Gasteiger partial charge in [-0.05, 0) is 32.0 Å². The van der Waals surface area contributed by atoms with Gasteiger partial charge in [0.25, 0.3) is 5.91 Å². The lowest BCUT2D eigenvalue weighted by atomic mass is 10.2. The van der Waals surface area contributed by atoms with Gasteiger partial charge in [-0.25, -0.2) is 9.37 Å². The molecule has 0 aliphatic carbocycles. The van der Waals surface area contributed by atoms with E-state index in [0.717, 1.165) is 15.6 Å². The molecule has 0 saturated heterocycles. The molecule has 0 aliphatic rings. The van der Waals surface area contributed by atoms with Crippen molar-refractivity contribution in [1.29, 1.82) is 0 Å². The van der Waals surface area contributed by atoms with E-state index in [-0.39, 0.29) is 5.91 Å². The number of carbonyl (C=O) groups is 1. The highest BCUT2D eigenvalue weighted by molar-refractivity contribution is 7.11. The van der Waals surface area contributed by atoms with Gasteiger partial charge in [-0.15, -0.1) is 11.3 Å². The van der Waals surface area contributed by atoms with E-state index in [1.807, 2.05) is 13.8 Å². The molecule has 3 nitrogen and oxygen atoms in total. The van der Waals surface area contributed by atoms with Gasteiger partial charge in [0.05, 0.1) is 12.2 Å². The van der Waals surface area contributed by atoms with Gasteiger partial charge in [0.15, 0.2) is 0 Å². The molecule has 5 heteroatoms. The van der Waals surface area contributed by atoms with Crippen LogP contribution >= 0.6 is 11.3 Å². The van der Waals surface area contributed by atoms with Gasteiger partial charge in [-0.1, -0.05) is 6.07 Å². The summed E-state index contributed by atoms with van der Waals surface area (Å²) in [4.78, 5) is 17.2. The van der Waals surface area contributed by atoms with Crippen molar-refractivity contribution in [2.45, 2.75) is 20.4 Å². The highest BCUT2D eigenvalue weighted by Crippen LogP contribution is 2.16. The minimum absolute atomic E-state index is 0.292. The van der Waals surface area contributed by atoms with E-state index in [1.54, 1.807) is 17.4 Å². The Morgan fingerprint density at radius 3 is 2.83 bits per heavy atom. The predicted molar refractivity (Wildman–Crippen MR) is 69.2 cm³/mol. The Labute approximate surface area is 109 Å². The number of aromatic nitrogens is 1. The first-order valence-electron chi connectivity index (χ1n) is 5.53. The molecule has 0 spiro atoms. The first-order chi connectivity index (χ1) is 8.56.